The lowest BCUT2D eigenvalue weighted by Crippen LogP contribution is -2.11. The van der Waals surface area contributed by atoms with E-state index in [0.717, 1.165) is 5.56 Å². The molecule has 0 saturated heterocycles. The highest BCUT2D eigenvalue weighted by Gasteiger charge is 2.05. The predicted octanol–water partition coefficient (Wildman–Crippen LogP) is 3.21. The maximum absolute atomic E-state index is 6.08. The Morgan fingerprint density at radius 1 is 1.29 bits per heavy atom. The smallest absolute Gasteiger partial charge is 0.0511 e. The Morgan fingerprint density at radius 2 is 1.93 bits per heavy atom. The molecular weight excluding hydrogens is 170 g/mol. The molecule has 0 heterocycles. The maximum Gasteiger partial charge on any atom is 0.0511 e. The first-order valence-corrected chi connectivity index (χ1v) is 4.85. The molecule has 1 nitrogen and oxygen atoms in total. The van der Waals surface area contributed by atoms with Crippen molar-refractivity contribution >= 4 is 0 Å². The zero-order valence-corrected chi connectivity index (χ0v) is 8.77. The Kier molecular flexibility index (Phi) is 4.14. The second-order valence-electron chi connectivity index (χ2n) is 3.32. The third-order valence-electron chi connectivity index (χ3n) is 2.20. The van der Waals surface area contributed by atoms with E-state index in [1.165, 1.54) is 5.57 Å². The molecule has 0 fully saturated rings. The van der Waals surface area contributed by atoms with E-state index in [9.17, 15) is 0 Å². The average Bonchev–Trinajstić information content (AvgIpc) is 2.26. The van der Waals surface area contributed by atoms with Crippen LogP contribution in [-0.2, 0) is 0 Å². The number of allylic oxidation sites excluding steroid dienone is 3. The van der Waals surface area contributed by atoms with Crippen LogP contribution < -0.4 is 5.73 Å². The van der Waals surface area contributed by atoms with Gasteiger partial charge < -0.3 is 5.73 Å². The van der Waals surface area contributed by atoms with Gasteiger partial charge in [-0.25, -0.2) is 0 Å². The Bertz CT molecular complexity index is 322. The summed E-state index contributed by atoms with van der Waals surface area (Å²) in [5, 5.41) is 0. The second-order valence-corrected chi connectivity index (χ2v) is 3.32. The number of rotatable bonds is 3. The van der Waals surface area contributed by atoms with Crippen molar-refractivity contribution in [2.45, 2.75) is 19.9 Å². The summed E-state index contributed by atoms with van der Waals surface area (Å²) in [6.07, 6.45) is 6.07. The summed E-state index contributed by atoms with van der Waals surface area (Å²) in [6, 6.07) is 10.1. The molecule has 0 aliphatic rings. The maximum atomic E-state index is 6.08. The van der Waals surface area contributed by atoms with Crippen molar-refractivity contribution in [1.82, 2.24) is 0 Å². The van der Waals surface area contributed by atoms with Gasteiger partial charge in [0.25, 0.3) is 0 Å². The van der Waals surface area contributed by atoms with Crippen LogP contribution in [0, 0.1) is 0 Å². The van der Waals surface area contributed by atoms with Crippen molar-refractivity contribution in [2.75, 3.05) is 0 Å². The molecule has 0 aliphatic heterocycles. The summed E-state index contributed by atoms with van der Waals surface area (Å²) in [6.45, 7) is 4.05. The molecule has 2 N–H and O–H groups in total. The summed E-state index contributed by atoms with van der Waals surface area (Å²) in [7, 11) is 0. The fourth-order valence-corrected chi connectivity index (χ4v) is 1.27. The van der Waals surface area contributed by atoms with Crippen LogP contribution >= 0.6 is 0 Å². The van der Waals surface area contributed by atoms with Crippen LogP contribution in [0.4, 0.5) is 0 Å². The van der Waals surface area contributed by atoms with Crippen molar-refractivity contribution in [3.63, 3.8) is 0 Å². The van der Waals surface area contributed by atoms with Crippen LogP contribution in [0.5, 0.6) is 0 Å². The Balaban J connectivity index is 2.80. The Morgan fingerprint density at radius 3 is 2.50 bits per heavy atom. The lowest BCUT2D eigenvalue weighted by Gasteiger charge is -2.11. The molecule has 1 aromatic carbocycles. The van der Waals surface area contributed by atoms with Gasteiger partial charge in [0.2, 0.25) is 0 Å². The first kappa shape index (κ1) is 10.7. The third kappa shape index (κ3) is 2.86. The summed E-state index contributed by atoms with van der Waals surface area (Å²) in [4.78, 5) is 0. The third-order valence-corrected chi connectivity index (χ3v) is 2.20. The molecule has 0 spiro atoms. The monoisotopic (exact) mass is 187 g/mol. The topological polar surface area (TPSA) is 26.0 Å². The highest BCUT2D eigenvalue weighted by Crippen LogP contribution is 2.17. The van der Waals surface area contributed by atoms with Crippen molar-refractivity contribution in [2.24, 2.45) is 5.73 Å². The minimum Gasteiger partial charge on any atom is -0.321 e. The molecule has 1 aromatic rings. The van der Waals surface area contributed by atoms with E-state index in [1.54, 1.807) is 0 Å². The van der Waals surface area contributed by atoms with E-state index >= 15 is 0 Å². The number of hydrogen-bond acceptors (Lipinski definition) is 1. The van der Waals surface area contributed by atoms with Gasteiger partial charge in [0.1, 0.15) is 0 Å². The van der Waals surface area contributed by atoms with Gasteiger partial charge in [-0.15, -0.1) is 0 Å². The standard InChI is InChI=1S/C13H17N/c1-3-4-8-11(2)13(14)12-9-6-5-7-10-12/h3-10,13H,14H2,1-2H3/b4-3-,11-8+. The average molecular weight is 187 g/mol. The van der Waals surface area contributed by atoms with Gasteiger partial charge in [-0.05, 0) is 19.4 Å². The summed E-state index contributed by atoms with van der Waals surface area (Å²) >= 11 is 0. The Labute approximate surface area is 85.9 Å². The van der Waals surface area contributed by atoms with Crippen molar-refractivity contribution < 1.29 is 0 Å². The highest BCUT2D eigenvalue weighted by molar-refractivity contribution is 5.28. The van der Waals surface area contributed by atoms with Crippen molar-refractivity contribution in [3.8, 4) is 0 Å². The molecule has 0 radical (unpaired) electrons. The lowest BCUT2D eigenvalue weighted by molar-refractivity contribution is 0.846. The summed E-state index contributed by atoms with van der Waals surface area (Å²) < 4.78 is 0. The molecule has 0 aliphatic carbocycles. The van der Waals surface area contributed by atoms with Crippen LogP contribution in [0.15, 0.2) is 54.1 Å². The minimum atomic E-state index is 0.00685. The predicted molar refractivity (Wildman–Crippen MR) is 61.9 cm³/mol. The van der Waals surface area contributed by atoms with Gasteiger partial charge in [-0.1, -0.05) is 54.1 Å². The van der Waals surface area contributed by atoms with Gasteiger partial charge >= 0.3 is 0 Å². The van der Waals surface area contributed by atoms with Crippen LogP contribution in [0.25, 0.3) is 0 Å². The normalized spacial score (nSPS) is 14.6. The number of nitrogens with two attached hydrogens (primary N) is 1. The molecular formula is C13H17N. The van der Waals surface area contributed by atoms with Crippen LogP contribution in [0.1, 0.15) is 25.5 Å². The van der Waals surface area contributed by atoms with Gasteiger partial charge in [-0.3, -0.25) is 0 Å². The molecule has 1 atom stereocenters. The van der Waals surface area contributed by atoms with Crippen molar-refractivity contribution in [1.29, 1.82) is 0 Å². The quantitative estimate of drug-likeness (QED) is 0.722. The van der Waals surface area contributed by atoms with Crippen LogP contribution in [-0.4, -0.2) is 0 Å². The number of benzene rings is 1. The minimum absolute atomic E-state index is 0.00685. The highest BCUT2D eigenvalue weighted by atomic mass is 14.6. The largest absolute Gasteiger partial charge is 0.321 e. The van der Waals surface area contributed by atoms with E-state index in [2.05, 4.69) is 25.1 Å². The number of hydrogen-bond donors (Lipinski definition) is 1. The molecule has 14 heavy (non-hydrogen) atoms. The molecule has 1 rings (SSSR count). The molecule has 0 saturated carbocycles. The fraction of sp³-hybridized carbons (Fsp3) is 0.231. The lowest BCUT2D eigenvalue weighted by atomic mass is 10.0. The molecule has 74 valence electrons. The molecule has 0 amide bonds. The zero-order valence-electron chi connectivity index (χ0n) is 8.77. The van der Waals surface area contributed by atoms with Crippen LogP contribution in [0.3, 0.4) is 0 Å². The van der Waals surface area contributed by atoms with Gasteiger partial charge in [0.15, 0.2) is 0 Å². The van der Waals surface area contributed by atoms with E-state index in [0.29, 0.717) is 0 Å². The first-order valence-electron chi connectivity index (χ1n) is 4.85. The molecule has 1 unspecified atom stereocenters. The van der Waals surface area contributed by atoms with E-state index in [1.807, 2.05) is 37.3 Å². The van der Waals surface area contributed by atoms with Crippen molar-refractivity contribution in [3.05, 3.63) is 59.7 Å². The molecule has 0 aromatic heterocycles. The van der Waals surface area contributed by atoms with E-state index in [4.69, 9.17) is 5.73 Å². The van der Waals surface area contributed by atoms with E-state index < -0.39 is 0 Å². The SMILES string of the molecule is C/C=C\C=C(/C)C(N)c1ccccc1. The van der Waals surface area contributed by atoms with Gasteiger partial charge in [0, 0.05) is 0 Å². The van der Waals surface area contributed by atoms with Crippen LogP contribution in [0.2, 0.25) is 0 Å². The Hall–Kier alpha value is -1.34. The van der Waals surface area contributed by atoms with Gasteiger partial charge in [0.05, 0.1) is 6.04 Å². The van der Waals surface area contributed by atoms with Gasteiger partial charge in [-0.2, -0.15) is 0 Å². The second kappa shape index (κ2) is 5.40. The first-order chi connectivity index (χ1) is 6.75. The van der Waals surface area contributed by atoms with E-state index in [-0.39, 0.29) is 6.04 Å². The molecule has 0 bridgehead atoms. The zero-order chi connectivity index (χ0) is 10.4. The molecule has 1 heteroatoms. The fourth-order valence-electron chi connectivity index (χ4n) is 1.27. The summed E-state index contributed by atoms with van der Waals surface area (Å²) in [5.41, 5.74) is 8.41. The summed E-state index contributed by atoms with van der Waals surface area (Å²) in [5.74, 6) is 0.